The molecule has 2 atom stereocenters. The fourth-order valence-electron chi connectivity index (χ4n) is 4.85. The van der Waals surface area contributed by atoms with Crippen LogP contribution in [0.1, 0.15) is 98.7 Å². The molecule has 0 bridgehead atoms. The summed E-state index contributed by atoms with van der Waals surface area (Å²) in [5, 5.41) is 11.5. The molecule has 0 aliphatic carbocycles. The van der Waals surface area contributed by atoms with Crippen molar-refractivity contribution in [3.05, 3.63) is 58.7 Å². The second kappa shape index (κ2) is 11.6. The Morgan fingerprint density at radius 1 is 1.05 bits per heavy atom. The third-order valence-corrected chi connectivity index (χ3v) is 6.63. The topological polar surface area (TPSA) is 99.1 Å². The van der Waals surface area contributed by atoms with Crippen molar-refractivity contribution in [2.24, 2.45) is 0 Å². The molecule has 0 aromatic heterocycles. The molecule has 2 aliphatic rings. The van der Waals surface area contributed by atoms with Crippen molar-refractivity contribution in [2.45, 2.75) is 83.8 Å². The van der Waals surface area contributed by atoms with E-state index >= 15 is 0 Å². The van der Waals surface area contributed by atoms with E-state index in [0.717, 1.165) is 5.56 Å². The molecule has 2 aliphatic heterocycles. The minimum Gasteiger partial charge on any atom is -0.507 e. The van der Waals surface area contributed by atoms with Crippen molar-refractivity contribution < 1.29 is 33.7 Å². The lowest BCUT2D eigenvalue weighted by Gasteiger charge is -2.28. The van der Waals surface area contributed by atoms with Crippen molar-refractivity contribution in [3.8, 4) is 17.2 Å². The Morgan fingerprint density at radius 3 is 2.51 bits per heavy atom. The van der Waals surface area contributed by atoms with Crippen LogP contribution in [0.15, 0.2) is 36.4 Å². The Labute approximate surface area is 217 Å². The minimum absolute atomic E-state index is 0.0252. The van der Waals surface area contributed by atoms with E-state index in [0.29, 0.717) is 55.4 Å². The molecule has 2 aromatic rings. The number of carbonyl (C=O) groups excluding carboxylic acids is 3. The number of phenols is 1. The maximum Gasteiger partial charge on any atom is 0.342 e. The number of rotatable bonds is 3. The molecule has 196 valence electrons. The van der Waals surface area contributed by atoms with Gasteiger partial charge in [0.05, 0.1) is 18.6 Å². The van der Waals surface area contributed by atoms with Crippen LogP contribution in [0.2, 0.25) is 0 Å². The molecule has 4 rings (SSSR count). The number of hydrogen-bond acceptors (Lipinski definition) is 7. The van der Waals surface area contributed by atoms with Gasteiger partial charge in [0.15, 0.2) is 0 Å². The van der Waals surface area contributed by atoms with Crippen LogP contribution in [0.5, 0.6) is 17.2 Å². The molecule has 2 aromatic carbocycles. The van der Waals surface area contributed by atoms with Gasteiger partial charge in [0.2, 0.25) is 0 Å². The second-order valence-electron chi connectivity index (χ2n) is 10.0. The number of phenolic OH excluding ortho intramolecular Hbond substituents is 1. The van der Waals surface area contributed by atoms with Crippen LogP contribution in [0.25, 0.3) is 6.08 Å². The molecule has 2 heterocycles. The molecule has 0 saturated heterocycles. The molecule has 0 unspecified atom stereocenters. The van der Waals surface area contributed by atoms with Gasteiger partial charge in [-0.05, 0) is 75.8 Å². The van der Waals surface area contributed by atoms with Crippen molar-refractivity contribution in [1.82, 2.24) is 0 Å². The zero-order chi connectivity index (χ0) is 26.5. The van der Waals surface area contributed by atoms with Crippen LogP contribution in [-0.2, 0) is 14.3 Å². The lowest BCUT2D eigenvalue weighted by atomic mass is 9.83. The van der Waals surface area contributed by atoms with Gasteiger partial charge in [0, 0.05) is 24.3 Å². The first-order chi connectivity index (χ1) is 17.7. The van der Waals surface area contributed by atoms with E-state index in [1.54, 1.807) is 19.1 Å². The Balaban J connectivity index is 1.76. The first-order valence-corrected chi connectivity index (χ1v) is 13.0. The highest BCUT2D eigenvalue weighted by molar-refractivity contribution is 5.98. The number of cyclic esters (lactones) is 1. The summed E-state index contributed by atoms with van der Waals surface area (Å²) >= 11 is 0. The van der Waals surface area contributed by atoms with Crippen LogP contribution >= 0.6 is 0 Å². The van der Waals surface area contributed by atoms with E-state index in [9.17, 15) is 19.5 Å². The lowest BCUT2D eigenvalue weighted by Crippen LogP contribution is -2.23. The molecule has 0 fully saturated rings. The van der Waals surface area contributed by atoms with E-state index in [1.165, 1.54) is 0 Å². The summed E-state index contributed by atoms with van der Waals surface area (Å²) in [5.41, 5.74) is 1.65. The largest absolute Gasteiger partial charge is 0.507 e. The van der Waals surface area contributed by atoms with Crippen molar-refractivity contribution >= 4 is 23.8 Å². The van der Waals surface area contributed by atoms with Gasteiger partial charge >= 0.3 is 11.9 Å². The van der Waals surface area contributed by atoms with Gasteiger partial charge in [0.1, 0.15) is 28.6 Å². The van der Waals surface area contributed by atoms with Crippen molar-refractivity contribution in [1.29, 1.82) is 0 Å². The number of benzene rings is 2. The van der Waals surface area contributed by atoms with E-state index < -0.39 is 24.0 Å². The zero-order valence-corrected chi connectivity index (χ0v) is 21.6. The number of allylic oxidation sites excluding steroid dienone is 1. The van der Waals surface area contributed by atoms with E-state index in [2.05, 4.69) is 0 Å². The quantitative estimate of drug-likeness (QED) is 0.396. The number of aromatic hydroxyl groups is 1. The molecule has 0 radical (unpaired) electrons. The first-order valence-electron chi connectivity index (χ1n) is 13.0. The SMILES string of the molecule is CC(C)Oc1ccc([C@@H]2CC(=O)Oc3cc4c(c(O)c32)C(=O)O[C@@H](C)CCCC(=O)CCCC=C4)cc1. The van der Waals surface area contributed by atoms with E-state index in [-0.39, 0.29) is 35.4 Å². The molecular formula is C30H34O7. The zero-order valence-electron chi connectivity index (χ0n) is 21.6. The van der Waals surface area contributed by atoms with Gasteiger partial charge < -0.3 is 19.3 Å². The predicted molar refractivity (Wildman–Crippen MR) is 139 cm³/mol. The normalized spacial score (nSPS) is 20.9. The maximum atomic E-state index is 13.3. The van der Waals surface area contributed by atoms with Gasteiger partial charge in [-0.25, -0.2) is 4.79 Å². The smallest absolute Gasteiger partial charge is 0.342 e. The summed E-state index contributed by atoms with van der Waals surface area (Å²) in [6, 6.07) is 8.99. The summed E-state index contributed by atoms with van der Waals surface area (Å²) in [5.74, 6) is -0.666. The molecule has 7 nitrogen and oxygen atoms in total. The molecule has 0 saturated carbocycles. The van der Waals surface area contributed by atoms with Crippen LogP contribution in [0.3, 0.4) is 0 Å². The number of hydrogen-bond donors (Lipinski definition) is 1. The Kier molecular flexibility index (Phi) is 8.31. The van der Waals surface area contributed by atoms with E-state index in [1.807, 2.05) is 44.2 Å². The number of ether oxygens (including phenoxy) is 3. The Morgan fingerprint density at radius 2 is 1.78 bits per heavy atom. The Hall–Kier alpha value is -3.61. The molecule has 7 heteroatoms. The summed E-state index contributed by atoms with van der Waals surface area (Å²) in [6.07, 6.45) is 6.71. The van der Waals surface area contributed by atoms with Gasteiger partial charge in [-0.15, -0.1) is 0 Å². The Bertz CT molecular complexity index is 1190. The van der Waals surface area contributed by atoms with Crippen LogP contribution < -0.4 is 9.47 Å². The number of esters is 2. The van der Waals surface area contributed by atoms with Crippen molar-refractivity contribution in [2.75, 3.05) is 0 Å². The summed E-state index contributed by atoms with van der Waals surface area (Å²) in [4.78, 5) is 37.9. The lowest BCUT2D eigenvalue weighted by molar-refractivity contribution is -0.135. The van der Waals surface area contributed by atoms with E-state index in [4.69, 9.17) is 14.2 Å². The van der Waals surface area contributed by atoms with Gasteiger partial charge in [-0.3, -0.25) is 9.59 Å². The molecule has 1 N–H and O–H groups in total. The third-order valence-electron chi connectivity index (χ3n) is 6.63. The maximum absolute atomic E-state index is 13.3. The van der Waals surface area contributed by atoms with Crippen LogP contribution in [0, 0.1) is 0 Å². The number of fused-ring (bicyclic) bond motifs is 2. The highest BCUT2D eigenvalue weighted by Crippen LogP contribution is 2.47. The fourth-order valence-corrected chi connectivity index (χ4v) is 4.85. The van der Waals surface area contributed by atoms with Crippen LogP contribution in [0.4, 0.5) is 0 Å². The summed E-state index contributed by atoms with van der Waals surface area (Å²) < 4.78 is 16.9. The van der Waals surface area contributed by atoms with Gasteiger partial charge in [-0.2, -0.15) is 0 Å². The summed E-state index contributed by atoms with van der Waals surface area (Å²) in [7, 11) is 0. The second-order valence-corrected chi connectivity index (χ2v) is 10.0. The van der Waals surface area contributed by atoms with Gasteiger partial charge in [-0.1, -0.05) is 24.3 Å². The number of ketones is 1. The van der Waals surface area contributed by atoms with Gasteiger partial charge in [0.25, 0.3) is 0 Å². The average Bonchev–Trinajstić information content (AvgIpc) is 2.82. The molecular weight excluding hydrogens is 472 g/mol. The molecule has 0 amide bonds. The monoisotopic (exact) mass is 506 g/mol. The van der Waals surface area contributed by atoms with Crippen molar-refractivity contribution in [3.63, 3.8) is 0 Å². The highest BCUT2D eigenvalue weighted by Gasteiger charge is 2.35. The minimum atomic E-state index is -0.646. The summed E-state index contributed by atoms with van der Waals surface area (Å²) in [6.45, 7) is 5.67. The molecule has 0 spiro atoms. The van der Waals surface area contributed by atoms with Crippen LogP contribution in [-0.4, -0.2) is 35.0 Å². The number of carbonyl (C=O) groups is 3. The standard InChI is InChI=1S/C30H34O7/c1-18(2)35-23-14-12-20(13-15-23)24-17-26(32)37-25-16-21-9-5-4-6-10-22(31)11-7-8-19(3)36-30(34)27(21)29(33)28(24)25/h5,9,12-16,18-19,24,33H,4,6-8,10-11,17H2,1-3H3/t19-,24-/m0/s1. The first kappa shape index (κ1) is 26.5. The average molecular weight is 507 g/mol. The predicted octanol–water partition coefficient (Wildman–Crippen LogP) is 6.10. The number of Topliss-reactive ketones (excluding diaryl/α,β-unsaturated/α-hetero) is 1. The third kappa shape index (κ3) is 6.40. The fraction of sp³-hybridized carbons (Fsp3) is 0.433. The molecule has 37 heavy (non-hydrogen) atoms. The highest BCUT2D eigenvalue weighted by atomic mass is 16.5.